The van der Waals surface area contributed by atoms with E-state index in [-0.39, 0.29) is 18.5 Å². The zero-order valence-electron chi connectivity index (χ0n) is 17.8. The molecule has 3 N–H and O–H groups in total. The van der Waals surface area contributed by atoms with Crippen LogP contribution in [0.3, 0.4) is 0 Å². The van der Waals surface area contributed by atoms with Gasteiger partial charge in [0.15, 0.2) is 5.96 Å². The zero-order valence-corrected chi connectivity index (χ0v) is 17.8. The summed E-state index contributed by atoms with van der Waals surface area (Å²) in [7, 11) is 6.62. The van der Waals surface area contributed by atoms with Crippen molar-refractivity contribution in [1.82, 2.24) is 20.9 Å². The monoisotopic (exact) mass is 407 g/mol. The van der Waals surface area contributed by atoms with E-state index in [0.29, 0.717) is 19.1 Å². The number of aliphatic imine (C=N–C) groups is 1. The summed E-state index contributed by atoms with van der Waals surface area (Å²) < 4.78 is 15.6. The van der Waals surface area contributed by atoms with E-state index in [4.69, 9.17) is 14.2 Å². The largest absolute Gasteiger partial charge is 0.497 e. The number of hydrogen-bond donors (Lipinski definition) is 3. The van der Waals surface area contributed by atoms with E-state index in [0.717, 1.165) is 43.1 Å². The number of rotatable bonds is 10. The molecule has 1 unspecified atom stereocenters. The van der Waals surface area contributed by atoms with Crippen molar-refractivity contribution in [3.63, 3.8) is 0 Å². The SMILES string of the molecule is CN=C(NCC(=O)NCCOC)NC1CCN(Cc2cc(OC)cc(OC)c2)C1. The Hall–Kier alpha value is -2.52. The van der Waals surface area contributed by atoms with Crippen LogP contribution in [-0.2, 0) is 16.1 Å². The van der Waals surface area contributed by atoms with Crippen molar-refractivity contribution in [1.29, 1.82) is 0 Å². The van der Waals surface area contributed by atoms with Gasteiger partial charge in [-0.15, -0.1) is 0 Å². The number of ether oxygens (including phenoxy) is 3. The number of nitrogens with zero attached hydrogens (tertiary/aromatic N) is 2. The number of carbonyl (C=O) groups excluding carboxylic acids is 1. The third-order valence-corrected chi connectivity index (χ3v) is 4.70. The van der Waals surface area contributed by atoms with Gasteiger partial charge in [-0.05, 0) is 24.1 Å². The van der Waals surface area contributed by atoms with Gasteiger partial charge in [0.2, 0.25) is 5.91 Å². The Morgan fingerprint density at radius 2 is 1.90 bits per heavy atom. The maximum Gasteiger partial charge on any atom is 0.239 e. The average molecular weight is 408 g/mol. The molecule has 1 aliphatic heterocycles. The standard InChI is InChI=1S/C20H33N5O4/c1-21-20(23-12-19(26)22-6-8-27-2)24-16-5-7-25(14-16)13-15-9-17(28-3)11-18(10-15)29-4/h9-11,16H,5-8,12-14H2,1-4H3,(H,22,26)(H2,21,23,24). The topological polar surface area (TPSA) is 96.5 Å². The smallest absolute Gasteiger partial charge is 0.239 e. The lowest BCUT2D eigenvalue weighted by molar-refractivity contribution is -0.120. The number of hydrogen-bond acceptors (Lipinski definition) is 6. The van der Waals surface area contributed by atoms with Gasteiger partial charge in [0.1, 0.15) is 11.5 Å². The summed E-state index contributed by atoms with van der Waals surface area (Å²) >= 11 is 0. The van der Waals surface area contributed by atoms with Crippen LogP contribution in [0, 0.1) is 0 Å². The lowest BCUT2D eigenvalue weighted by atomic mass is 10.2. The first-order valence-corrected chi connectivity index (χ1v) is 9.75. The second-order valence-electron chi connectivity index (χ2n) is 6.85. The number of methoxy groups -OCH3 is 3. The third-order valence-electron chi connectivity index (χ3n) is 4.70. The number of benzene rings is 1. The highest BCUT2D eigenvalue weighted by Gasteiger charge is 2.23. The summed E-state index contributed by atoms with van der Waals surface area (Å²) in [5.41, 5.74) is 1.15. The van der Waals surface area contributed by atoms with Crippen molar-refractivity contribution in [3.05, 3.63) is 23.8 Å². The normalized spacial score (nSPS) is 17.1. The lowest BCUT2D eigenvalue weighted by Gasteiger charge is -2.19. The molecule has 1 saturated heterocycles. The fourth-order valence-electron chi connectivity index (χ4n) is 3.22. The Balaban J connectivity index is 1.79. The Morgan fingerprint density at radius 3 is 2.52 bits per heavy atom. The van der Waals surface area contributed by atoms with Gasteiger partial charge in [-0.2, -0.15) is 0 Å². The van der Waals surface area contributed by atoms with Crippen molar-refractivity contribution < 1.29 is 19.0 Å². The molecule has 9 nitrogen and oxygen atoms in total. The molecule has 0 aromatic heterocycles. The van der Waals surface area contributed by atoms with Crippen LogP contribution in [0.15, 0.2) is 23.2 Å². The number of carbonyl (C=O) groups is 1. The number of guanidine groups is 1. The maximum absolute atomic E-state index is 11.8. The van der Waals surface area contributed by atoms with Gasteiger partial charge < -0.3 is 30.2 Å². The van der Waals surface area contributed by atoms with E-state index in [2.05, 4.69) is 25.8 Å². The van der Waals surface area contributed by atoms with E-state index in [1.807, 2.05) is 18.2 Å². The molecule has 0 saturated carbocycles. The Morgan fingerprint density at radius 1 is 1.17 bits per heavy atom. The van der Waals surface area contributed by atoms with Crippen LogP contribution in [0.2, 0.25) is 0 Å². The first-order chi connectivity index (χ1) is 14.1. The minimum atomic E-state index is -0.0926. The molecular formula is C20H33N5O4. The molecule has 2 rings (SSSR count). The molecule has 29 heavy (non-hydrogen) atoms. The molecule has 162 valence electrons. The van der Waals surface area contributed by atoms with Gasteiger partial charge in [-0.1, -0.05) is 0 Å². The summed E-state index contributed by atoms with van der Waals surface area (Å²) in [5, 5.41) is 9.22. The van der Waals surface area contributed by atoms with E-state index >= 15 is 0 Å². The minimum Gasteiger partial charge on any atom is -0.497 e. The predicted octanol–water partition coefficient (Wildman–Crippen LogP) is 0.206. The van der Waals surface area contributed by atoms with E-state index in [9.17, 15) is 4.79 Å². The first-order valence-electron chi connectivity index (χ1n) is 9.75. The van der Waals surface area contributed by atoms with Gasteiger partial charge in [0.25, 0.3) is 0 Å². The molecule has 1 atom stereocenters. The minimum absolute atomic E-state index is 0.0926. The lowest BCUT2D eigenvalue weighted by Crippen LogP contribution is -2.47. The molecule has 0 bridgehead atoms. The molecule has 1 aromatic rings. The van der Waals surface area contributed by atoms with Gasteiger partial charge in [-0.25, -0.2) is 0 Å². The Kier molecular flexibility index (Phi) is 9.52. The fourth-order valence-corrected chi connectivity index (χ4v) is 3.22. The first kappa shape index (κ1) is 22.8. The van der Waals surface area contributed by atoms with Crippen molar-refractivity contribution in [2.24, 2.45) is 4.99 Å². The summed E-state index contributed by atoms with van der Waals surface area (Å²) in [6.07, 6.45) is 1.00. The van der Waals surface area contributed by atoms with Gasteiger partial charge in [-0.3, -0.25) is 14.7 Å². The van der Waals surface area contributed by atoms with E-state index < -0.39 is 0 Å². The second-order valence-corrected chi connectivity index (χ2v) is 6.85. The average Bonchev–Trinajstić information content (AvgIpc) is 3.17. The van der Waals surface area contributed by atoms with Crippen LogP contribution in [0.1, 0.15) is 12.0 Å². The number of nitrogens with one attached hydrogen (secondary N) is 3. The van der Waals surface area contributed by atoms with E-state index in [1.165, 1.54) is 0 Å². The van der Waals surface area contributed by atoms with Gasteiger partial charge in [0, 0.05) is 52.4 Å². The van der Waals surface area contributed by atoms with Gasteiger partial charge in [0.05, 0.1) is 27.4 Å². The molecule has 1 aromatic carbocycles. The molecule has 1 amide bonds. The third kappa shape index (κ3) is 7.78. The predicted molar refractivity (Wildman–Crippen MR) is 113 cm³/mol. The Labute approximate surface area is 172 Å². The van der Waals surface area contributed by atoms with Crippen LogP contribution >= 0.6 is 0 Å². The molecular weight excluding hydrogens is 374 g/mol. The van der Waals surface area contributed by atoms with E-state index in [1.54, 1.807) is 28.4 Å². The van der Waals surface area contributed by atoms with Crippen LogP contribution in [-0.4, -0.2) is 84.0 Å². The van der Waals surface area contributed by atoms with Crippen LogP contribution in [0.25, 0.3) is 0 Å². The van der Waals surface area contributed by atoms with Crippen LogP contribution in [0.4, 0.5) is 0 Å². The van der Waals surface area contributed by atoms with Crippen molar-refractivity contribution in [2.75, 3.05) is 61.2 Å². The highest BCUT2D eigenvalue weighted by Crippen LogP contribution is 2.24. The molecule has 9 heteroatoms. The van der Waals surface area contributed by atoms with Crippen molar-refractivity contribution in [2.45, 2.75) is 19.0 Å². The number of amides is 1. The maximum atomic E-state index is 11.8. The van der Waals surface area contributed by atoms with Crippen LogP contribution in [0.5, 0.6) is 11.5 Å². The highest BCUT2D eigenvalue weighted by molar-refractivity contribution is 5.86. The molecule has 0 radical (unpaired) electrons. The number of likely N-dealkylation sites (tertiary alicyclic amines) is 1. The molecule has 1 heterocycles. The summed E-state index contributed by atoms with van der Waals surface area (Å²) in [6.45, 7) is 3.85. The fraction of sp³-hybridized carbons (Fsp3) is 0.600. The molecule has 0 aliphatic carbocycles. The Bertz CT molecular complexity index is 661. The molecule has 1 aliphatic rings. The molecule has 0 spiro atoms. The summed E-state index contributed by atoms with van der Waals surface area (Å²) in [5.74, 6) is 2.12. The van der Waals surface area contributed by atoms with Crippen LogP contribution < -0.4 is 25.4 Å². The quantitative estimate of drug-likeness (QED) is 0.290. The molecule has 1 fully saturated rings. The summed E-state index contributed by atoms with van der Waals surface area (Å²) in [6, 6.07) is 6.21. The van der Waals surface area contributed by atoms with Crippen molar-refractivity contribution >= 4 is 11.9 Å². The second kappa shape index (κ2) is 12.1. The highest BCUT2D eigenvalue weighted by atomic mass is 16.5. The summed E-state index contributed by atoms with van der Waals surface area (Å²) in [4.78, 5) is 18.4. The zero-order chi connectivity index (χ0) is 21.1. The van der Waals surface area contributed by atoms with Crippen molar-refractivity contribution in [3.8, 4) is 11.5 Å². The van der Waals surface area contributed by atoms with Gasteiger partial charge >= 0.3 is 0 Å².